The molecule has 0 aliphatic carbocycles. The molecule has 0 spiro atoms. The lowest BCUT2D eigenvalue weighted by Crippen LogP contribution is -2.44. The van der Waals surface area contributed by atoms with Crippen molar-refractivity contribution in [3.05, 3.63) is 35.0 Å². The smallest absolute Gasteiger partial charge is 0.350 e. The summed E-state index contributed by atoms with van der Waals surface area (Å²) in [5.74, 6) is -0.636. The highest BCUT2D eigenvalue weighted by Gasteiger charge is 2.25. The number of likely N-dealkylation sites (tertiary alicyclic amines) is 1. The second-order valence-corrected chi connectivity index (χ2v) is 7.16. The Morgan fingerprint density at radius 1 is 1.36 bits per heavy atom. The van der Waals surface area contributed by atoms with Gasteiger partial charge in [0.15, 0.2) is 6.61 Å². The zero-order chi connectivity index (χ0) is 17.8. The number of carbonyl (C=O) groups excluding carboxylic acids is 2. The average molecular weight is 359 g/mol. The summed E-state index contributed by atoms with van der Waals surface area (Å²) in [6.45, 7) is 4.31. The van der Waals surface area contributed by atoms with Crippen LogP contribution in [0, 0.1) is 6.92 Å². The van der Waals surface area contributed by atoms with E-state index in [1.54, 1.807) is 18.0 Å². The highest BCUT2D eigenvalue weighted by molar-refractivity contribution is 7.17. The number of piperidine rings is 1. The third-order valence-electron chi connectivity index (χ3n) is 4.32. The fourth-order valence-electron chi connectivity index (χ4n) is 2.93. The van der Waals surface area contributed by atoms with Crippen LogP contribution >= 0.6 is 11.3 Å². The minimum Gasteiger partial charge on any atom is -0.451 e. The number of nitrogens with zero attached hydrogens (tertiary/aromatic N) is 3. The summed E-state index contributed by atoms with van der Waals surface area (Å²) in [5.41, 5.74) is 1.31. The standard InChI is InChI=1S/C18H21N3O3S/c1-12-7-4-6-10-21(12)15(22)11-24-18(23)16-13(2)20-17(25-16)14-8-3-5-9-19-14/h3,5,8-9,12H,4,6-7,10-11H2,1-2H3/t12-/m0/s1. The van der Waals surface area contributed by atoms with Gasteiger partial charge in [-0.3, -0.25) is 9.78 Å². The van der Waals surface area contributed by atoms with Gasteiger partial charge in [0.1, 0.15) is 9.88 Å². The van der Waals surface area contributed by atoms with E-state index in [4.69, 9.17) is 4.74 Å². The molecule has 0 unspecified atom stereocenters. The van der Waals surface area contributed by atoms with E-state index in [0.29, 0.717) is 21.3 Å². The van der Waals surface area contributed by atoms with Crippen LogP contribution in [0.5, 0.6) is 0 Å². The maximum Gasteiger partial charge on any atom is 0.350 e. The van der Waals surface area contributed by atoms with Crippen molar-refractivity contribution < 1.29 is 14.3 Å². The fraction of sp³-hybridized carbons (Fsp3) is 0.444. The Hall–Kier alpha value is -2.28. The average Bonchev–Trinajstić information content (AvgIpc) is 3.02. The highest BCUT2D eigenvalue weighted by atomic mass is 32.1. The summed E-state index contributed by atoms with van der Waals surface area (Å²) >= 11 is 1.24. The third kappa shape index (κ3) is 4.04. The van der Waals surface area contributed by atoms with Crippen LogP contribution in [0.25, 0.3) is 10.7 Å². The molecule has 25 heavy (non-hydrogen) atoms. The number of pyridine rings is 1. The van der Waals surface area contributed by atoms with Crippen molar-refractivity contribution in [1.82, 2.24) is 14.9 Å². The summed E-state index contributed by atoms with van der Waals surface area (Å²) in [4.78, 5) is 35.5. The first-order chi connectivity index (χ1) is 12.1. The summed E-state index contributed by atoms with van der Waals surface area (Å²) in [6.07, 6.45) is 4.83. The molecule has 132 valence electrons. The van der Waals surface area contributed by atoms with Gasteiger partial charge in [0.2, 0.25) is 0 Å². The summed E-state index contributed by atoms with van der Waals surface area (Å²) < 4.78 is 5.24. The number of aryl methyl sites for hydroxylation is 1. The number of ether oxygens (including phenoxy) is 1. The predicted octanol–water partition coefficient (Wildman–Crippen LogP) is 3.07. The second-order valence-electron chi connectivity index (χ2n) is 6.16. The molecule has 2 aromatic rings. The van der Waals surface area contributed by atoms with E-state index in [0.717, 1.165) is 25.8 Å². The SMILES string of the molecule is Cc1nc(-c2ccccn2)sc1C(=O)OCC(=O)N1CCCC[C@@H]1C. The molecule has 0 radical (unpaired) electrons. The Labute approximate surface area is 150 Å². The Morgan fingerprint density at radius 2 is 2.20 bits per heavy atom. The number of esters is 1. The maximum absolute atomic E-state index is 12.3. The van der Waals surface area contributed by atoms with Crippen molar-refractivity contribution in [2.45, 2.75) is 39.2 Å². The normalized spacial score (nSPS) is 17.4. The molecule has 1 amide bonds. The first-order valence-corrected chi connectivity index (χ1v) is 9.23. The molecule has 6 nitrogen and oxygen atoms in total. The zero-order valence-electron chi connectivity index (χ0n) is 14.4. The van der Waals surface area contributed by atoms with Gasteiger partial charge in [-0.2, -0.15) is 0 Å². The molecule has 3 heterocycles. The van der Waals surface area contributed by atoms with E-state index in [1.165, 1.54) is 11.3 Å². The van der Waals surface area contributed by atoms with Crippen molar-refractivity contribution >= 4 is 23.2 Å². The van der Waals surface area contributed by atoms with Crippen molar-refractivity contribution in [2.24, 2.45) is 0 Å². The quantitative estimate of drug-likeness (QED) is 0.785. The summed E-state index contributed by atoms with van der Waals surface area (Å²) in [5, 5.41) is 0.668. The van der Waals surface area contributed by atoms with E-state index in [9.17, 15) is 9.59 Å². The van der Waals surface area contributed by atoms with E-state index in [1.807, 2.05) is 25.1 Å². The lowest BCUT2D eigenvalue weighted by molar-refractivity contribution is -0.137. The number of aromatic nitrogens is 2. The Morgan fingerprint density at radius 3 is 2.92 bits per heavy atom. The van der Waals surface area contributed by atoms with Crippen molar-refractivity contribution in [3.8, 4) is 10.7 Å². The van der Waals surface area contributed by atoms with Crippen LogP contribution in [0.4, 0.5) is 0 Å². The van der Waals surface area contributed by atoms with Crippen molar-refractivity contribution in [2.75, 3.05) is 13.2 Å². The van der Waals surface area contributed by atoms with Gasteiger partial charge in [-0.05, 0) is 45.2 Å². The molecule has 2 aromatic heterocycles. The fourth-order valence-corrected chi connectivity index (χ4v) is 3.87. The molecule has 7 heteroatoms. The van der Waals surface area contributed by atoms with Gasteiger partial charge in [0.05, 0.1) is 11.4 Å². The van der Waals surface area contributed by atoms with E-state index in [2.05, 4.69) is 9.97 Å². The molecule has 3 rings (SSSR count). The number of amides is 1. The molecular weight excluding hydrogens is 338 g/mol. The molecule has 0 aromatic carbocycles. The second kappa shape index (κ2) is 7.74. The van der Waals surface area contributed by atoms with Gasteiger partial charge >= 0.3 is 5.97 Å². The third-order valence-corrected chi connectivity index (χ3v) is 5.48. The van der Waals surface area contributed by atoms with Gasteiger partial charge < -0.3 is 9.64 Å². The van der Waals surface area contributed by atoms with Gasteiger partial charge in [0.25, 0.3) is 5.91 Å². The predicted molar refractivity (Wildman–Crippen MR) is 95.4 cm³/mol. The molecule has 1 fully saturated rings. The first-order valence-electron chi connectivity index (χ1n) is 8.41. The van der Waals surface area contributed by atoms with Gasteiger partial charge in [-0.15, -0.1) is 11.3 Å². The Balaban J connectivity index is 1.64. The van der Waals surface area contributed by atoms with Crippen LogP contribution in [-0.4, -0.2) is 45.9 Å². The first kappa shape index (κ1) is 17.5. The minimum atomic E-state index is -0.504. The van der Waals surface area contributed by atoms with E-state index < -0.39 is 5.97 Å². The van der Waals surface area contributed by atoms with Gasteiger partial charge in [0, 0.05) is 18.8 Å². The monoisotopic (exact) mass is 359 g/mol. The van der Waals surface area contributed by atoms with Gasteiger partial charge in [-0.25, -0.2) is 9.78 Å². The molecule has 0 saturated carbocycles. The van der Waals surface area contributed by atoms with E-state index >= 15 is 0 Å². The lowest BCUT2D eigenvalue weighted by Gasteiger charge is -2.33. The van der Waals surface area contributed by atoms with Crippen LogP contribution in [0.2, 0.25) is 0 Å². The van der Waals surface area contributed by atoms with Crippen molar-refractivity contribution in [3.63, 3.8) is 0 Å². The largest absolute Gasteiger partial charge is 0.451 e. The molecule has 1 aliphatic rings. The number of thiazole rings is 1. The highest BCUT2D eigenvalue weighted by Crippen LogP contribution is 2.27. The van der Waals surface area contributed by atoms with Crippen LogP contribution in [0.15, 0.2) is 24.4 Å². The number of rotatable bonds is 4. The molecule has 0 bridgehead atoms. The number of hydrogen-bond acceptors (Lipinski definition) is 6. The topological polar surface area (TPSA) is 72.4 Å². The summed E-state index contributed by atoms with van der Waals surface area (Å²) in [7, 11) is 0. The molecule has 1 aliphatic heterocycles. The molecular formula is C18H21N3O3S. The number of carbonyl (C=O) groups is 2. The van der Waals surface area contributed by atoms with Gasteiger partial charge in [-0.1, -0.05) is 6.07 Å². The van der Waals surface area contributed by atoms with Crippen LogP contribution in [0.3, 0.4) is 0 Å². The minimum absolute atomic E-state index is 0.132. The van der Waals surface area contributed by atoms with Crippen LogP contribution in [-0.2, 0) is 9.53 Å². The van der Waals surface area contributed by atoms with E-state index in [-0.39, 0.29) is 18.6 Å². The molecule has 0 N–H and O–H groups in total. The molecule has 1 saturated heterocycles. The molecule has 1 atom stereocenters. The van der Waals surface area contributed by atoms with Crippen LogP contribution < -0.4 is 0 Å². The zero-order valence-corrected chi connectivity index (χ0v) is 15.2. The van der Waals surface area contributed by atoms with Crippen molar-refractivity contribution in [1.29, 1.82) is 0 Å². The number of hydrogen-bond donors (Lipinski definition) is 0. The summed E-state index contributed by atoms with van der Waals surface area (Å²) in [6, 6.07) is 5.75. The van der Waals surface area contributed by atoms with Crippen LogP contribution in [0.1, 0.15) is 41.6 Å². The Kier molecular flexibility index (Phi) is 5.43. The maximum atomic E-state index is 12.3. The Bertz CT molecular complexity index is 760. The lowest BCUT2D eigenvalue weighted by atomic mass is 10.0.